The average Bonchev–Trinajstić information content (AvgIpc) is 4.03. The molecule has 1 unspecified atom stereocenters. The summed E-state index contributed by atoms with van der Waals surface area (Å²) in [5.41, 5.74) is 11.1. The van der Waals surface area contributed by atoms with Crippen molar-refractivity contribution in [1.29, 1.82) is 0 Å². The summed E-state index contributed by atoms with van der Waals surface area (Å²) in [6, 6.07) is 75.7. The van der Waals surface area contributed by atoms with Gasteiger partial charge in [0.2, 0.25) is 0 Å². The third kappa shape index (κ3) is 5.47. The number of furan rings is 1. The molecule has 0 bridgehead atoms. The number of hydrogen-bond acceptors (Lipinski definition) is 4. The van der Waals surface area contributed by atoms with E-state index in [-0.39, 0.29) is 0 Å². The Bertz CT molecular complexity index is 4170. The van der Waals surface area contributed by atoms with Gasteiger partial charge in [-0.1, -0.05) is 146 Å². The molecule has 4 heterocycles. The Morgan fingerprint density at radius 2 is 1.06 bits per heavy atom. The molecule has 304 valence electrons. The van der Waals surface area contributed by atoms with E-state index in [1.165, 1.54) is 26.9 Å². The molecule has 10 aromatic carbocycles. The number of fused-ring (bicyclic) bond motifs is 11. The van der Waals surface area contributed by atoms with Gasteiger partial charge in [-0.3, -0.25) is 0 Å². The first-order valence-corrected chi connectivity index (χ1v) is 22.1. The van der Waals surface area contributed by atoms with Crippen molar-refractivity contribution < 1.29 is 4.42 Å². The minimum absolute atomic E-state index is 0.456. The molecule has 14 rings (SSSR count). The van der Waals surface area contributed by atoms with Crippen LogP contribution < -0.4 is 5.32 Å². The van der Waals surface area contributed by atoms with E-state index in [1.54, 1.807) is 0 Å². The van der Waals surface area contributed by atoms with Crippen LogP contribution in [0, 0.1) is 0 Å². The lowest BCUT2D eigenvalue weighted by Crippen LogP contribution is -2.33. The molecule has 1 N–H and O–H groups in total. The second kappa shape index (κ2) is 13.9. The first-order chi connectivity index (χ1) is 32.2. The Morgan fingerprint density at radius 1 is 0.415 bits per heavy atom. The van der Waals surface area contributed by atoms with Crippen LogP contribution in [0.25, 0.3) is 98.5 Å². The van der Waals surface area contributed by atoms with Gasteiger partial charge in [0.25, 0.3) is 0 Å². The van der Waals surface area contributed by atoms with Gasteiger partial charge in [0.15, 0.2) is 5.84 Å². The Balaban J connectivity index is 1.05. The van der Waals surface area contributed by atoms with E-state index >= 15 is 0 Å². The van der Waals surface area contributed by atoms with Crippen LogP contribution in [-0.2, 0) is 0 Å². The summed E-state index contributed by atoms with van der Waals surface area (Å²) in [6.07, 6.45) is -0.456. The molecular formula is C59H37N5O. The first kappa shape index (κ1) is 35.8. The summed E-state index contributed by atoms with van der Waals surface area (Å²) in [4.78, 5) is 11.1. The van der Waals surface area contributed by atoms with Crippen LogP contribution in [0.4, 0.5) is 0 Å². The Hall–Kier alpha value is -8.74. The summed E-state index contributed by atoms with van der Waals surface area (Å²) in [7, 11) is 0. The van der Waals surface area contributed by atoms with Gasteiger partial charge < -0.3 is 18.9 Å². The lowest BCUT2D eigenvalue weighted by molar-refractivity contribution is 0.660. The van der Waals surface area contributed by atoms with Crippen LogP contribution in [0.15, 0.2) is 227 Å². The monoisotopic (exact) mass is 831 g/mol. The summed E-state index contributed by atoms with van der Waals surface area (Å²) >= 11 is 0. The van der Waals surface area contributed by atoms with E-state index in [1.807, 2.05) is 6.07 Å². The SMILES string of the molecule is c1ccc(-n2c3ccccc3c3c(C4=NC(c5ccc6ccccc6c5)NC(c5cc(-n6c7ccccc7c7cc8ccccc8cc76)cc6c5oc5ccccc56)=N4)cccc32)cc1. The molecule has 65 heavy (non-hydrogen) atoms. The van der Waals surface area contributed by atoms with Crippen molar-refractivity contribution >= 4 is 98.8 Å². The van der Waals surface area contributed by atoms with E-state index in [2.05, 4.69) is 221 Å². The standard InChI is InChI=1S/C59H37N5O/c1-2-19-41(20-3-1)63-51-26-12-9-23-45(51)55-46(24-14-27-52(55)63)58-60-57(40-30-29-36-15-4-5-16-37(36)31-40)61-59(62-58)49-35-42(34-48-44-22-10-13-28-54(44)65-56(48)49)64-50-25-11-8-21-43(50)47-32-38-17-6-7-18-39(38)33-53(47)64/h1-35,57H,(H,60,61,62). The number of aliphatic imine (C=N–C) groups is 2. The lowest BCUT2D eigenvalue weighted by atomic mass is 10.0. The van der Waals surface area contributed by atoms with Gasteiger partial charge in [-0.05, 0) is 93.8 Å². The van der Waals surface area contributed by atoms with Crippen molar-refractivity contribution in [2.45, 2.75) is 6.17 Å². The number of nitrogens with zero attached hydrogens (tertiary/aromatic N) is 4. The molecule has 3 aromatic heterocycles. The smallest absolute Gasteiger partial charge is 0.160 e. The Labute approximate surface area is 372 Å². The average molecular weight is 832 g/mol. The number of rotatable bonds is 5. The molecule has 0 saturated heterocycles. The van der Waals surface area contributed by atoms with Crippen LogP contribution in [0.2, 0.25) is 0 Å². The molecule has 6 heteroatoms. The summed E-state index contributed by atoms with van der Waals surface area (Å²) in [6.45, 7) is 0. The summed E-state index contributed by atoms with van der Waals surface area (Å²) < 4.78 is 11.6. The molecule has 0 aliphatic carbocycles. The maximum absolute atomic E-state index is 6.89. The van der Waals surface area contributed by atoms with Crippen molar-refractivity contribution in [2.75, 3.05) is 0 Å². The molecule has 13 aromatic rings. The fraction of sp³-hybridized carbons (Fsp3) is 0.0169. The fourth-order valence-electron chi connectivity index (χ4n) is 10.4. The zero-order valence-electron chi connectivity index (χ0n) is 35.0. The predicted octanol–water partition coefficient (Wildman–Crippen LogP) is 14.6. The molecular weight excluding hydrogens is 795 g/mol. The normalized spacial score (nSPS) is 14.3. The van der Waals surface area contributed by atoms with E-state index in [9.17, 15) is 0 Å². The van der Waals surface area contributed by atoms with E-state index in [4.69, 9.17) is 14.4 Å². The summed E-state index contributed by atoms with van der Waals surface area (Å²) in [5, 5.41) is 15.3. The number of benzene rings is 10. The molecule has 0 spiro atoms. The molecule has 1 atom stereocenters. The van der Waals surface area contributed by atoms with Crippen LogP contribution >= 0.6 is 0 Å². The molecule has 0 radical (unpaired) electrons. The van der Waals surface area contributed by atoms with Gasteiger partial charge in [0, 0.05) is 49.3 Å². The molecule has 0 amide bonds. The zero-order chi connectivity index (χ0) is 42.6. The van der Waals surface area contributed by atoms with Gasteiger partial charge >= 0.3 is 0 Å². The molecule has 0 saturated carbocycles. The number of amidine groups is 2. The lowest BCUT2D eigenvalue weighted by Gasteiger charge is -2.24. The summed E-state index contributed by atoms with van der Waals surface area (Å²) in [5.74, 6) is 1.34. The van der Waals surface area contributed by atoms with Crippen LogP contribution in [0.3, 0.4) is 0 Å². The van der Waals surface area contributed by atoms with Gasteiger partial charge in [0.05, 0.1) is 27.6 Å². The van der Waals surface area contributed by atoms with Gasteiger partial charge in [-0.2, -0.15) is 0 Å². The maximum Gasteiger partial charge on any atom is 0.160 e. The van der Waals surface area contributed by atoms with Crippen LogP contribution in [0.1, 0.15) is 22.9 Å². The quantitative estimate of drug-likeness (QED) is 0.188. The predicted molar refractivity (Wildman–Crippen MR) is 269 cm³/mol. The van der Waals surface area contributed by atoms with Gasteiger partial charge in [-0.25, -0.2) is 9.98 Å². The minimum atomic E-state index is -0.456. The number of para-hydroxylation sites is 4. The zero-order valence-corrected chi connectivity index (χ0v) is 35.0. The highest BCUT2D eigenvalue weighted by molar-refractivity contribution is 6.25. The van der Waals surface area contributed by atoms with Crippen molar-refractivity contribution in [1.82, 2.24) is 14.5 Å². The van der Waals surface area contributed by atoms with Crippen LogP contribution in [0.5, 0.6) is 0 Å². The second-order valence-corrected chi connectivity index (χ2v) is 17.0. The molecule has 0 fully saturated rings. The van der Waals surface area contributed by atoms with Crippen molar-refractivity contribution in [3.8, 4) is 11.4 Å². The first-order valence-electron chi connectivity index (χ1n) is 22.1. The number of nitrogens with one attached hydrogen (secondary N) is 1. The largest absolute Gasteiger partial charge is 0.455 e. The minimum Gasteiger partial charge on any atom is -0.455 e. The molecule has 1 aliphatic heterocycles. The van der Waals surface area contributed by atoms with E-state index in [0.717, 1.165) is 88.2 Å². The Kier molecular flexibility index (Phi) is 7.65. The highest BCUT2D eigenvalue weighted by Gasteiger charge is 2.28. The topological polar surface area (TPSA) is 59.8 Å². The van der Waals surface area contributed by atoms with E-state index in [0.29, 0.717) is 11.7 Å². The van der Waals surface area contributed by atoms with Gasteiger partial charge in [-0.15, -0.1) is 0 Å². The maximum atomic E-state index is 6.89. The highest BCUT2D eigenvalue weighted by Crippen LogP contribution is 2.41. The second-order valence-electron chi connectivity index (χ2n) is 17.0. The fourth-order valence-corrected chi connectivity index (χ4v) is 10.4. The van der Waals surface area contributed by atoms with E-state index < -0.39 is 6.17 Å². The number of hydrogen-bond donors (Lipinski definition) is 1. The van der Waals surface area contributed by atoms with Crippen LogP contribution in [-0.4, -0.2) is 20.8 Å². The third-order valence-electron chi connectivity index (χ3n) is 13.3. The number of aromatic nitrogens is 2. The van der Waals surface area contributed by atoms with Crippen molar-refractivity contribution in [3.05, 3.63) is 229 Å². The van der Waals surface area contributed by atoms with Crippen molar-refractivity contribution in [3.63, 3.8) is 0 Å². The molecule has 6 nitrogen and oxygen atoms in total. The van der Waals surface area contributed by atoms with Gasteiger partial charge in [0.1, 0.15) is 23.2 Å². The Morgan fingerprint density at radius 3 is 1.89 bits per heavy atom. The van der Waals surface area contributed by atoms with Crippen molar-refractivity contribution in [2.24, 2.45) is 9.98 Å². The highest BCUT2D eigenvalue weighted by atomic mass is 16.3. The third-order valence-corrected chi connectivity index (χ3v) is 13.3. The molecule has 1 aliphatic rings.